The number of nitrogens with zero attached hydrogens (tertiary/aromatic N) is 1. The molecule has 0 aliphatic carbocycles. The summed E-state index contributed by atoms with van der Waals surface area (Å²) in [4.78, 5) is 0. The highest BCUT2D eigenvalue weighted by molar-refractivity contribution is 7.89. The van der Waals surface area contributed by atoms with Crippen molar-refractivity contribution < 1.29 is 9.66 Å². The molecule has 1 fully saturated rings. The minimum Gasteiger partial charge on any atom is -0.598 e. The zero-order valence-electron chi connectivity index (χ0n) is 10.5. The molecular weight excluding hydrogens is 246 g/mol. The van der Waals surface area contributed by atoms with Crippen molar-refractivity contribution in [2.24, 2.45) is 0 Å². The van der Waals surface area contributed by atoms with Gasteiger partial charge in [-0.05, 0) is 30.4 Å². The van der Waals surface area contributed by atoms with Gasteiger partial charge >= 0.3 is 0 Å². The third-order valence-electron chi connectivity index (χ3n) is 3.42. The second-order valence-electron chi connectivity index (χ2n) is 4.64. The second kappa shape index (κ2) is 7.14. The summed E-state index contributed by atoms with van der Waals surface area (Å²) >= 11 is -0.912. The first kappa shape index (κ1) is 13.9. The Morgan fingerprint density at radius 2 is 2.22 bits per heavy atom. The molecule has 99 valence electrons. The summed E-state index contributed by atoms with van der Waals surface area (Å²) in [5, 5.41) is 8.75. The van der Waals surface area contributed by atoms with Crippen LogP contribution in [0.2, 0.25) is 0 Å². The van der Waals surface area contributed by atoms with E-state index in [2.05, 4.69) is 18.2 Å². The standard InChI is InChI=1S/C14H20NO2S/c16-11-4-12-18(17)15-9-7-14(8-10-15)13-5-2-1-3-6-13/h1-2,5-6,14,16H,4,7-12H2. The SMILES string of the molecule is [O-][S+](CCCO)N1CCC(c2c[c]ccc2)CC1. The smallest absolute Gasteiger partial charge is 0.128 e. The molecule has 0 spiro atoms. The molecule has 1 aliphatic rings. The van der Waals surface area contributed by atoms with Gasteiger partial charge < -0.3 is 9.66 Å². The number of hydrogen-bond donors (Lipinski definition) is 1. The summed E-state index contributed by atoms with van der Waals surface area (Å²) in [6.45, 7) is 1.90. The van der Waals surface area contributed by atoms with E-state index in [1.807, 2.05) is 16.4 Å². The van der Waals surface area contributed by atoms with Crippen LogP contribution >= 0.6 is 0 Å². The first-order valence-corrected chi connectivity index (χ1v) is 7.79. The summed E-state index contributed by atoms with van der Waals surface area (Å²) in [6, 6.07) is 11.3. The van der Waals surface area contributed by atoms with Crippen LogP contribution in [0.25, 0.3) is 0 Å². The number of aliphatic hydroxyl groups is 1. The quantitative estimate of drug-likeness (QED) is 0.825. The van der Waals surface area contributed by atoms with Gasteiger partial charge in [-0.1, -0.05) is 24.3 Å². The number of piperidine rings is 1. The van der Waals surface area contributed by atoms with E-state index in [4.69, 9.17) is 5.11 Å². The van der Waals surface area contributed by atoms with Crippen molar-refractivity contribution in [2.45, 2.75) is 25.2 Å². The first-order chi connectivity index (χ1) is 8.81. The molecule has 2 rings (SSSR count). The molecule has 1 radical (unpaired) electrons. The van der Waals surface area contributed by atoms with Gasteiger partial charge in [0.05, 0.1) is 0 Å². The Morgan fingerprint density at radius 3 is 2.83 bits per heavy atom. The van der Waals surface area contributed by atoms with Crippen molar-refractivity contribution in [3.05, 3.63) is 35.9 Å². The number of hydrogen-bond acceptors (Lipinski definition) is 3. The molecule has 1 saturated heterocycles. The maximum Gasteiger partial charge on any atom is 0.128 e. The lowest BCUT2D eigenvalue weighted by Gasteiger charge is -2.32. The van der Waals surface area contributed by atoms with Crippen molar-refractivity contribution in [3.8, 4) is 0 Å². The van der Waals surface area contributed by atoms with E-state index in [-0.39, 0.29) is 6.61 Å². The average Bonchev–Trinajstić information content (AvgIpc) is 2.46. The fraction of sp³-hybridized carbons (Fsp3) is 0.571. The Balaban J connectivity index is 1.81. The highest BCUT2D eigenvalue weighted by Crippen LogP contribution is 2.28. The molecule has 1 N–H and O–H groups in total. The van der Waals surface area contributed by atoms with Crippen LogP contribution in [0.3, 0.4) is 0 Å². The zero-order chi connectivity index (χ0) is 12.8. The lowest BCUT2D eigenvalue weighted by Crippen LogP contribution is -2.39. The molecule has 1 heterocycles. The normalized spacial score (nSPS) is 19.9. The van der Waals surface area contributed by atoms with Crippen LogP contribution < -0.4 is 0 Å². The Labute approximate surface area is 112 Å². The van der Waals surface area contributed by atoms with E-state index in [0.29, 0.717) is 18.1 Å². The molecule has 0 amide bonds. The third-order valence-corrected chi connectivity index (χ3v) is 5.00. The summed E-state index contributed by atoms with van der Waals surface area (Å²) in [5.74, 6) is 1.16. The van der Waals surface area contributed by atoms with E-state index in [0.717, 1.165) is 25.9 Å². The molecule has 1 aliphatic heterocycles. The highest BCUT2D eigenvalue weighted by atomic mass is 32.2. The van der Waals surface area contributed by atoms with E-state index in [1.54, 1.807) is 0 Å². The third kappa shape index (κ3) is 3.72. The van der Waals surface area contributed by atoms with Crippen LogP contribution in [0.5, 0.6) is 0 Å². The predicted molar refractivity (Wildman–Crippen MR) is 73.5 cm³/mol. The summed E-state index contributed by atoms with van der Waals surface area (Å²) in [7, 11) is 0. The molecule has 0 saturated carbocycles. The van der Waals surface area contributed by atoms with Crippen LogP contribution in [0.4, 0.5) is 0 Å². The van der Waals surface area contributed by atoms with Gasteiger partial charge in [-0.3, -0.25) is 0 Å². The highest BCUT2D eigenvalue weighted by Gasteiger charge is 2.27. The van der Waals surface area contributed by atoms with Crippen molar-refractivity contribution in [1.82, 2.24) is 4.31 Å². The summed E-state index contributed by atoms with van der Waals surface area (Å²) in [6.07, 6.45) is 2.74. The lowest BCUT2D eigenvalue weighted by molar-refractivity contribution is 0.290. The fourth-order valence-electron chi connectivity index (χ4n) is 2.37. The van der Waals surface area contributed by atoms with Gasteiger partial charge in [-0.25, -0.2) is 0 Å². The Bertz CT molecular complexity index is 339. The summed E-state index contributed by atoms with van der Waals surface area (Å²) < 4.78 is 14.0. The molecule has 1 atom stereocenters. The molecule has 18 heavy (non-hydrogen) atoms. The molecule has 1 aromatic carbocycles. The van der Waals surface area contributed by atoms with E-state index >= 15 is 0 Å². The van der Waals surface area contributed by atoms with Crippen LogP contribution in [0.15, 0.2) is 24.3 Å². The Hall–Kier alpha value is -0.550. The second-order valence-corrected chi connectivity index (χ2v) is 6.21. The molecule has 4 heteroatoms. The van der Waals surface area contributed by atoms with Gasteiger partial charge in [0.15, 0.2) is 0 Å². The molecular formula is C14H20NO2S. The van der Waals surface area contributed by atoms with E-state index in [9.17, 15) is 4.55 Å². The average molecular weight is 266 g/mol. The summed E-state index contributed by atoms with van der Waals surface area (Å²) in [5.41, 5.74) is 1.35. The van der Waals surface area contributed by atoms with Crippen molar-refractivity contribution >= 4 is 11.4 Å². The maximum absolute atomic E-state index is 11.9. The van der Waals surface area contributed by atoms with Crippen LogP contribution in [0, 0.1) is 6.07 Å². The van der Waals surface area contributed by atoms with Crippen LogP contribution in [-0.2, 0) is 11.4 Å². The van der Waals surface area contributed by atoms with Crippen molar-refractivity contribution in [2.75, 3.05) is 25.4 Å². The maximum atomic E-state index is 11.9. The zero-order valence-corrected chi connectivity index (χ0v) is 11.4. The van der Waals surface area contributed by atoms with Crippen molar-refractivity contribution in [1.29, 1.82) is 0 Å². The van der Waals surface area contributed by atoms with Crippen molar-refractivity contribution in [3.63, 3.8) is 0 Å². The van der Waals surface area contributed by atoms with Gasteiger partial charge in [0, 0.05) is 37.5 Å². The topological polar surface area (TPSA) is 46.5 Å². The number of aliphatic hydroxyl groups excluding tert-OH is 1. The molecule has 0 aromatic heterocycles. The lowest BCUT2D eigenvalue weighted by atomic mass is 9.90. The molecule has 1 aromatic rings. The molecule has 0 bridgehead atoms. The van der Waals surface area contributed by atoms with Crippen LogP contribution in [-0.4, -0.2) is 39.4 Å². The Kier molecular flexibility index (Phi) is 5.50. The van der Waals surface area contributed by atoms with E-state index in [1.165, 1.54) is 5.56 Å². The van der Waals surface area contributed by atoms with Crippen LogP contribution in [0.1, 0.15) is 30.7 Å². The minimum atomic E-state index is -0.912. The fourth-order valence-corrected chi connectivity index (χ4v) is 3.62. The van der Waals surface area contributed by atoms with Gasteiger partial charge in [-0.2, -0.15) is 0 Å². The predicted octanol–water partition coefficient (Wildman–Crippen LogP) is 1.71. The van der Waals surface area contributed by atoms with Gasteiger partial charge in [-0.15, -0.1) is 4.31 Å². The van der Waals surface area contributed by atoms with Gasteiger partial charge in [0.2, 0.25) is 0 Å². The number of rotatable bonds is 5. The largest absolute Gasteiger partial charge is 0.598 e. The molecule has 3 nitrogen and oxygen atoms in total. The Morgan fingerprint density at radius 1 is 1.44 bits per heavy atom. The van der Waals surface area contributed by atoms with Gasteiger partial charge in [0.25, 0.3) is 0 Å². The van der Waals surface area contributed by atoms with Gasteiger partial charge in [0.1, 0.15) is 5.75 Å². The monoisotopic (exact) mass is 266 g/mol. The number of benzene rings is 1. The first-order valence-electron chi connectivity index (χ1n) is 6.51. The van der Waals surface area contributed by atoms with E-state index < -0.39 is 11.4 Å². The molecule has 1 unspecified atom stereocenters. The minimum absolute atomic E-state index is 0.127.